The van der Waals surface area contributed by atoms with Crippen LogP contribution in [0.4, 0.5) is 0 Å². The van der Waals surface area contributed by atoms with Gasteiger partial charge in [0, 0.05) is 50.6 Å². The van der Waals surface area contributed by atoms with Crippen molar-refractivity contribution in [2.24, 2.45) is 17.8 Å². The molecule has 31 heavy (non-hydrogen) atoms. The second-order valence-electron chi connectivity index (χ2n) is 9.02. The highest BCUT2D eigenvalue weighted by atomic mass is 16.5. The Kier molecular flexibility index (Phi) is 6.87. The van der Waals surface area contributed by atoms with Gasteiger partial charge in [0.25, 0.3) is 6.47 Å². The maximum atomic E-state index is 12.5. The maximum Gasteiger partial charge on any atom is 0.290 e. The molecule has 1 saturated heterocycles. The highest BCUT2D eigenvalue weighted by Crippen LogP contribution is 2.38. The summed E-state index contributed by atoms with van der Waals surface area (Å²) in [5, 5.41) is 10.2. The number of carboxylic acid groups (broad SMARTS) is 1. The van der Waals surface area contributed by atoms with Crippen LogP contribution in [0.5, 0.6) is 0 Å². The number of carbonyl (C=O) groups is 2. The Labute approximate surface area is 182 Å². The average Bonchev–Trinajstić information content (AvgIpc) is 3.30. The van der Waals surface area contributed by atoms with Crippen LogP contribution in [0.25, 0.3) is 11.0 Å². The Balaban J connectivity index is 0.000000730. The first-order valence-corrected chi connectivity index (χ1v) is 11.2. The molecule has 0 aromatic carbocycles. The number of aromatic nitrogens is 2. The van der Waals surface area contributed by atoms with E-state index in [0.29, 0.717) is 11.8 Å². The smallest absolute Gasteiger partial charge is 0.290 e. The number of rotatable bonds is 5. The van der Waals surface area contributed by atoms with Crippen LogP contribution in [0, 0.1) is 17.8 Å². The molecular formula is C23H32N4O4. The predicted octanol–water partition coefficient (Wildman–Crippen LogP) is 2.41. The molecule has 3 aliphatic rings. The largest absolute Gasteiger partial charge is 0.483 e. The lowest BCUT2D eigenvalue weighted by atomic mass is 9.76. The summed E-state index contributed by atoms with van der Waals surface area (Å²) in [5.74, 6) is 1.78. The molecule has 3 N–H and O–H groups in total. The fourth-order valence-electron chi connectivity index (χ4n) is 5.40. The number of ether oxygens (including phenoxy) is 1. The van der Waals surface area contributed by atoms with Gasteiger partial charge in [0.2, 0.25) is 5.91 Å². The van der Waals surface area contributed by atoms with Crippen LogP contribution in [0.3, 0.4) is 0 Å². The number of carbonyl (C=O) groups excluding carboxylic acids is 1. The van der Waals surface area contributed by atoms with Crippen molar-refractivity contribution in [3.63, 3.8) is 0 Å². The third-order valence-corrected chi connectivity index (χ3v) is 7.21. The van der Waals surface area contributed by atoms with Gasteiger partial charge in [-0.1, -0.05) is 6.42 Å². The lowest BCUT2D eigenvalue weighted by molar-refractivity contribution is -0.130. The van der Waals surface area contributed by atoms with Gasteiger partial charge < -0.3 is 20.1 Å². The van der Waals surface area contributed by atoms with Gasteiger partial charge in [-0.05, 0) is 49.7 Å². The molecule has 168 valence electrons. The maximum absolute atomic E-state index is 12.5. The van der Waals surface area contributed by atoms with Gasteiger partial charge in [-0.3, -0.25) is 19.5 Å². The standard InChI is InChI=1S/C22H30N4O2.CH2O2/c1-28-20-9-16-12-26(13-17-10-24-18-6-3-7-23-21(17)18)11-15(16)8-19(20)25-22(27)14-4-2-5-14;2-1-3/h3,6-7,10,14-16,19-20,24H,2,4-5,8-9,11-13H2,1H3,(H,25,27);1H,(H,2,3)/t15-,16+,19-,20-;/m0./s1. The minimum atomic E-state index is -0.250. The summed E-state index contributed by atoms with van der Waals surface area (Å²) in [6.07, 6.45) is 9.47. The number of nitrogens with one attached hydrogen (secondary N) is 2. The predicted molar refractivity (Wildman–Crippen MR) is 116 cm³/mol. The van der Waals surface area contributed by atoms with E-state index in [4.69, 9.17) is 14.6 Å². The number of amides is 1. The molecule has 2 aromatic rings. The summed E-state index contributed by atoms with van der Waals surface area (Å²) < 4.78 is 5.79. The first-order chi connectivity index (χ1) is 15.1. The first kappa shape index (κ1) is 21.8. The van der Waals surface area contributed by atoms with E-state index in [9.17, 15) is 4.79 Å². The molecular weight excluding hydrogens is 396 g/mol. The van der Waals surface area contributed by atoms with Crippen LogP contribution < -0.4 is 5.32 Å². The molecule has 2 aliphatic carbocycles. The van der Waals surface area contributed by atoms with E-state index in [0.717, 1.165) is 56.4 Å². The van der Waals surface area contributed by atoms with Crippen LogP contribution in [0.1, 0.15) is 37.7 Å². The van der Waals surface area contributed by atoms with E-state index >= 15 is 0 Å². The molecule has 5 rings (SSSR count). The molecule has 3 fully saturated rings. The molecule has 0 spiro atoms. The average molecular weight is 429 g/mol. The number of hydrogen-bond donors (Lipinski definition) is 3. The fourth-order valence-corrected chi connectivity index (χ4v) is 5.40. The lowest BCUT2D eigenvalue weighted by Gasteiger charge is -2.39. The third-order valence-electron chi connectivity index (χ3n) is 7.21. The van der Waals surface area contributed by atoms with Crippen molar-refractivity contribution in [1.82, 2.24) is 20.2 Å². The van der Waals surface area contributed by atoms with Gasteiger partial charge in [-0.2, -0.15) is 0 Å². The molecule has 2 saturated carbocycles. The van der Waals surface area contributed by atoms with Crippen LogP contribution in [-0.2, 0) is 20.9 Å². The summed E-state index contributed by atoms with van der Waals surface area (Å²) in [7, 11) is 1.79. The topological polar surface area (TPSA) is 108 Å². The number of pyridine rings is 1. The highest BCUT2D eigenvalue weighted by Gasteiger charge is 2.43. The molecule has 0 radical (unpaired) electrons. The summed E-state index contributed by atoms with van der Waals surface area (Å²) in [6, 6.07) is 4.21. The Bertz CT molecular complexity index is 897. The van der Waals surface area contributed by atoms with E-state index in [2.05, 4.69) is 32.4 Å². The Morgan fingerprint density at radius 2 is 2.10 bits per heavy atom. The number of fused-ring (bicyclic) bond motifs is 2. The quantitative estimate of drug-likeness (QED) is 0.632. The summed E-state index contributed by atoms with van der Waals surface area (Å²) >= 11 is 0. The highest BCUT2D eigenvalue weighted by molar-refractivity contribution is 5.80. The number of H-pyrrole nitrogens is 1. The van der Waals surface area contributed by atoms with Gasteiger partial charge in [0.1, 0.15) is 0 Å². The van der Waals surface area contributed by atoms with Crippen LogP contribution in [0.2, 0.25) is 0 Å². The summed E-state index contributed by atoms with van der Waals surface area (Å²) in [5.41, 5.74) is 3.46. The van der Waals surface area contributed by atoms with Gasteiger partial charge in [-0.25, -0.2) is 0 Å². The van der Waals surface area contributed by atoms with Gasteiger partial charge >= 0.3 is 0 Å². The molecule has 3 heterocycles. The lowest BCUT2D eigenvalue weighted by Crippen LogP contribution is -2.52. The van der Waals surface area contributed by atoms with Gasteiger partial charge in [0.15, 0.2) is 0 Å². The van der Waals surface area contributed by atoms with E-state index in [-0.39, 0.29) is 30.4 Å². The van der Waals surface area contributed by atoms with Crippen LogP contribution >= 0.6 is 0 Å². The monoisotopic (exact) mass is 428 g/mol. The molecule has 4 atom stereocenters. The van der Waals surface area contributed by atoms with E-state index in [1.807, 2.05) is 12.3 Å². The van der Waals surface area contributed by atoms with Gasteiger partial charge in [0.05, 0.1) is 23.2 Å². The minimum Gasteiger partial charge on any atom is -0.483 e. The van der Waals surface area contributed by atoms with Gasteiger partial charge in [-0.15, -0.1) is 0 Å². The van der Waals surface area contributed by atoms with Crippen molar-refractivity contribution in [3.05, 3.63) is 30.1 Å². The molecule has 1 amide bonds. The Morgan fingerprint density at radius 1 is 1.35 bits per heavy atom. The molecule has 8 heteroatoms. The van der Waals surface area contributed by atoms with Crippen LogP contribution in [-0.4, -0.2) is 64.7 Å². The number of hydrogen-bond acceptors (Lipinski definition) is 5. The Morgan fingerprint density at radius 3 is 2.77 bits per heavy atom. The zero-order valence-corrected chi connectivity index (χ0v) is 18.0. The molecule has 0 unspecified atom stereocenters. The minimum absolute atomic E-state index is 0.139. The normalized spacial score (nSPS) is 28.3. The van der Waals surface area contributed by atoms with E-state index in [1.165, 1.54) is 12.0 Å². The van der Waals surface area contributed by atoms with E-state index < -0.39 is 0 Å². The number of nitrogens with zero attached hydrogens (tertiary/aromatic N) is 2. The number of methoxy groups -OCH3 is 1. The second-order valence-corrected chi connectivity index (χ2v) is 9.02. The SMILES string of the molecule is CO[C@H]1C[C@@H]2CN(Cc3c[nH]c4cccnc34)C[C@@H]2C[C@@H]1NC(=O)C1CCC1.O=CO. The van der Waals surface area contributed by atoms with Crippen molar-refractivity contribution in [2.75, 3.05) is 20.2 Å². The van der Waals surface area contributed by atoms with Crippen LogP contribution in [0.15, 0.2) is 24.5 Å². The molecule has 1 aliphatic heterocycles. The summed E-state index contributed by atoms with van der Waals surface area (Å²) in [4.78, 5) is 31.3. The van der Waals surface area contributed by atoms with Crippen molar-refractivity contribution in [3.8, 4) is 0 Å². The summed E-state index contributed by atoms with van der Waals surface area (Å²) in [6.45, 7) is 2.88. The van der Waals surface area contributed by atoms with Crippen molar-refractivity contribution in [2.45, 2.75) is 50.8 Å². The number of aromatic amines is 1. The zero-order valence-electron chi connectivity index (χ0n) is 18.0. The molecule has 0 bridgehead atoms. The van der Waals surface area contributed by atoms with Crippen molar-refractivity contribution < 1.29 is 19.4 Å². The zero-order chi connectivity index (χ0) is 21.8. The molecule has 8 nitrogen and oxygen atoms in total. The van der Waals surface area contributed by atoms with Crippen molar-refractivity contribution in [1.29, 1.82) is 0 Å². The molecule has 2 aromatic heterocycles. The first-order valence-electron chi connectivity index (χ1n) is 11.2. The van der Waals surface area contributed by atoms with E-state index in [1.54, 1.807) is 7.11 Å². The fraction of sp³-hybridized carbons (Fsp3) is 0.609. The number of likely N-dealkylation sites (tertiary alicyclic amines) is 1. The Hall–Kier alpha value is -2.45. The third kappa shape index (κ3) is 4.75. The van der Waals surface area contributed by atoms with Crippen molar-refractivity contribution >= 4 is 23.4 Å². The second kappa shape index (κ2) is 9.78.